The molecule has 1 rings (SSSR count). The molecule has 0 bridgehead atoms. The summed E-state index contributed by atoms with van der Waals surface area (Å²) >= 11 is 1.53. The van der Waals surface area contributed by atoms with Gasteiger partial charge in [0.2, 0.25) is 0 Å². The molecule has 13 heavy (non-hydrogen) atoms. The first-order valence-corrected chi connectivity index (χ1v) is 6.66. The highest BCUT2D eigenvalue weighted by Gasteiger charge is 1.99. The molecule has 0 aromatic heterocycles. The van der Waals surface area contributed by atoms with Crippen molar-refractivity contribution in [1.29, 1.82) is 0 Å². The van der Waals surface area contributed by atoms with Gasteiger partial charge in [-0.05, 0) is 17.9 Å². The fraction of sp³-hybridized carbons (Fsp3) is 0.200. The van der Waals surface area contributed by atoms with E-state index in [1.165, 1.54) is 11.8 Å². The summed E-state index contributed by atoms with van der Waals surface area (Å²) in [6, 6.07) is 9.93. The van der Waals surface area contributed by atoms with Crippen molar-refractivity contribution in [3.05, 3.63) is 40.1 Å². The van der Waals surface area contributed by atoms with Gasteiger partial charge in [-0.25, -0.2) is 0 Å². The van der Waals surface area contributed by atoms with Crippen LogP contribution in [0.1, 0.15) is 5.56 Å². The first kappa shape index (κ1) is 10.5. The molecule has 0 aliphatic heterocycles. The molecule has 0 saturated heterocycles. The van der Waals surface area contributed by atoms with Crippen LogP contribution in [-0.2, 0) is 10.8 Å². The smallest absolute Gasteiger partial charge is 0.0716 e. The standard InChI is InChI=1S/C10H12OS2/c1-12-10(13(2)11)8-9-6-4-3-5-7-9/h3-8H,1-2H3/b10-8+/t13-/m1/s1. The van der Waals surface area contributed by atoms with Crippen LogP contribution < -0.4 is 0 Å². The number of hydrogen-bond donors (Lipinski definition) is 0. The Morgan fingerprint density at radius 1 is 1.38 bits per heavy atom. The average Bonchev–Trinajstić information content (AvgIpc) is 2.15. The molecule has 0 spiro atoms. The Morgan fingerprint density at radius 3 is 2.46 bits per heavy atom. The molecule has 1 aromatic carbocycles. The topological polar surface area (TPSA) is 17.1 Å². The van der Waals surface area contributed by atoms with Gasteiger partial charge in [0.25, 0.3) is 0 Å². The van der Waals surface area contributed by atoms with Crippen molar-refractivity contribution in [2.24, 2.45) is 0 Å². The Bertz CT molecular complexity index is 317. The second-order valence-corrected chi connectivity index (χ2v) is 4.99. The second-order valence-electron chi connectivity index (χ2n) is 2.53. The number of benzene rings is 1. The summed E-state index contributed by atoms with van der Waals surface area (Å²) in [5.41, 5.74) is 1.10. The van der Waals surface area contributed by atoms with Crippen LogP contribution in [0.25, 0.3) is 6.08 Å². The van der Waals surface area contributed by atoms with Gasteiger partial charge in [-0.1, -0.05) is 30.3 Å². The lowest BCUT2D eigenvalue weighted by Gasteiger charge is -1.98. The minimum absolute atomic E-state index is 0.880. The van der Waals surface area contributed by atoms with Gasteiger partial charge < -0.3 is 0 Å². The molecule has 0 aliphatic carbocycles. The van der Waals surface area contributed by atoms with Gasteiger partial charge in [0, 0.05) is 6.26 Å². The Kier molecular flexibility index (Phi) is 4.25. The van der Waals surface area contributed by atoms with E-state index in [4.69, 9.17) is 0 Å². The van der Waals surface area contributed by atoms with E-state index in [0.29, 0.717) is 0 Å². The molecule has 0 saturated carbocycles. The summed E-state index contributed by atoms with van der Waals surface area (Å²) in [5, 5.41) is 0. The van der Waals surface area contributed by atoms with Crippen molar-refractivity contribution >= 4 is 28.6 Å². The van der Waals surface area contributed by atoms with Crippen LogP contribution in [0, 0.1) is 0 Å². The molecule has 0 radical (unpaired) electrons. The Labute approximate surface area is 85.7 Å². The maximum absolute atomic E-state index is 11.2. The van der Waals surface area contributed by atoms with E-state index in [2.05, 4.69) is 0 Å². The predicted octanol–water partition coefficient (Wildman–Crippen LogP) is 2.73. The van der Waals surface area contributed by atoms with E-state index in [1.54, 1.807) is 6.26 Å². The summed E-state index contributed by atoms with van der Waals surface area (Å²) in [6.45, 7) is 0. The molecule has 0 unspecified atom stereocenters. The van der Waals surface area contributed by atoms with Crippen LogP contribution in [0.2, 0.25) is 0 Å². The van der Waals surface area contributed by atoms with E-state index >= 15 is 0 Å². The zero-order valence-electron chi connectivity index (χ0n) is 7.69. The molecule has 1 atom stereocenters. The van der Waals surface area contributed by atoms with E-state index in [1.807, 2.05) is 42.7 Å². The molecule has 0 heterocycles. The molecule has 70 valence electrons. The van der Waals surface area contributed by atoms with Crippen LogP contribution in [0.15, 0.2) is 34.6 Å². The monoisotopic (exact) mass is 212 g/mol. The van der Waals surface area contributed by atoms with E-state index in [9.17, 15) is 4.21 Å². The van der Waals surface area contributed by atoms with Gasteiger partial charge in [0.15, 0.2) is 0 Å². The van der Waals surface area contributed by atoms with Crippen LogP contribution in [0.4, 0.5) is 0 Å². The summed E-state index contributed by atoms with van der Waals surface area (Å²) in [6.07, 6.45) is 5.60. The quantitative estimate of drug-likeness (QED) is 0.766. The van der Waals surface area contributed by atoms with E-state index in [-0.39, 0.29) is 0 Å². The van der Waals surface area contributed by atoms with E-state index in [0.717, 1.165) is 9.80 Å². The minimum atomic E-state index is -0.880. The number of rotatable bonds is 3. The van der Waals surface area contributed by atoms with E-state index < -0.39 is 10.8 Å². The summed E-state index contributed by atoms with van der Waals surface area (Å²) in [5.74, 6) is 0. The van der Waals surface area contributed by atoms with Gasteiger partial charge in [0.1, 0.15) is 0 Å². The van der Waals surface area contributed by atoms with Gasteiger partial charge >= 0.3 is 0 Å². The Morgan fingerprint density at radius 2 is 2.00 bits per heavy atom. The molecular formula is C10H12OS2. The summed E-state index contributed by atoms with van der Waals surface area (Å²) in [4.78, 5) is 0. The lowest BCUT2D eigenvalue weighted by Crippen LogP contribution is -1.86. The van der Waals surface area contributed by atoms with Gasteiger partial charge in [0.05, 0.1) is 15.0 Å². The summed E-state index contributed by atoms with van der Waals surface area (Å²) < 4.78 is 12.1. The number of hydrogen-bond acceptors (Lipinski definition) is 2. The molecule has 0 N–H and O–H groups in total. The predicted molar refractivity (Wildman–Crippen MR) is 62.0 cm³/mol. The fourth-order valence-electron chi connectivity index (χ4n) is 0.945. The van der Waals surface area contributed by atoms with Crippen molar-refractivity contribution in [2.45, 2.75) is 0 Å². The maximum atomic E-state index is 11.2. The molecule has 1 nitrogen and oxygen atoms in total. The van der Waals surface area contributed by atoms with Crippen LogP contribution >= 0.6 is 11.8 Å². The molecule has 1 aromatic rings. The van der Waals surface area contributed by atoms with Crippen molar-refractivity contribution in [1.82, 2.24) is 0 Å². The average molecular weight is 212 g/mol. The summed E-state index contributed by atoms with van der Waals surface area (Å²) in [7, 11) is -0.880. The van der Waals surface area contributed by atoms with Crippen molar-refractivity contribution in [2.75, 3.05) is 12.5 Å². The number of thioether (sulfide) groups is 1. The largest absolute Gasteiger partial charge is 0.254 e. The highest BCUT2D eigenvalue weighted by atomic mass is 32.2. The third-order valence-corrected chi connectivity index (χ3v) is 3.98. The lowest BCUT2D eigenvalue weighted by atomic mass is 10.2. The third kappa shape index (κ3) is 3.36. The van der Waals surface area contributed by atoms with Crippen LogP contribution in [0.3, 0.4) is 0 Å². The maximum Gasteiger partial charge on any atom is 0.0716 e. The first-order chi connectivity index (χ1) is 6.24. The van der Waals surface area contributed by atoms with Crippen LogP contribution in [0.5, 0.6) is 0 Å². The molecule has 0 aliphatic rings. The minimum Gasteiger partial charge on any atom is -0.254 e. The zero-order chi connectivity index (χ0) is 9.68. The van der Waals surface area contributed by atoms with Gasteiger partial charge in [-0.15, -0.1) is 11.8 Å². The Balaban J connectivity index is 2.92. The molecule has 3 heteroatoms. The van der Waals surface area contributed by atoms with Crippen LogP contribution in [-0.4, -0.2) is 16.7 Å². The first-order valence-electron chi connectivity index (χ1n) is 3.88. The van der Waals surface area contributed by atoms with Crippen molar-refractivity contribution in [3.63, 3.8) is 0 Å². The molecular weight excluding hydrogens is 200 g/mol. The van der Waals surface area contributed by atoms with Gasteiger partial charge in [-0.3, -0.25) is 4.21 Å². The van der Waals surface area contributed by atoms with Gasteiger partial charge in [-0.2, -0.15) is 0 Å². The Hall–Kier alpha value is -0.540. The normalized spacial score (nSPS) is 14.2. The SMILES string of the molecule is CS/C(=C\c1ccccc1)[S@@](C)=O. The highest BCUT2D eigenvalue weighted by molar-refractivity contribution is 8.16. The zero-order valence-corrected chi connectivity index (χ0v) is 9.32. The second kappa shape index (κ2) is 5.25. The highest BCUT2D eigenvalue weighted by Crippen LogP contribution is 2.18. The van der Waals surface area contributed by atoms with Crippen molar-refractivity contribution < 1.29 is 4.21 Å². The molecule has 0 fully saturated rings. The van der Waals surface area contributed by atoms with Crippen molar-refractivity contribution in [3.8, 4) is 0 Å². The fourth-order valence-corrected chi connectivity index (χ4v) is 2.44. The lowest BCUT2D eigenvalue weighted by molar-refractivity contribution is 0.691. The molecule has 0 amide bonds. The third-order valence-electron chi connectivity index (χ3n) is 1.57.